The smallest absolute Gasteiger partial charge is 0.437 e. The Kier molecular flexibility index (Phi) is 7.83. The molecular weight excluding hydrogens is 552 g/mol. The quantitative estimate of drug-likeness (QED) is 0.115. The van der Waals surface area contributed by atoms with Gasteiger partial charge in [0.1, 0.15) is 11.6 Å². The first-order valence-corrected chi connectivity index (χ1v) is 13.5. The molecule has 0 atom stereocenters. The minimum Gasteiger partial charge on any atom is -0.497 e. The molecule has 12 heteroatoms. The Labute approximate surface area is 227 Å². The van der Waals surface area contributed by atoms with Gasteiger partial charge in [-0.2, -0.15) is 13.2 Å². The van der Waals surface area contributed by atoms with Gasteiger partial charge in [0.05, 0.1) is 23.3 Å². The lowest BCUT2D eigenvalue weighted by molar-refractivity contribution is -0.0605. The second-order valence-electron chi connectivity index (χ2n) is 8.69. The van der Waals surface area contributed by atoms with Crippen molar-refractivity contribution in [2.24, 2.45) is 5.16 Å². The number of oxime groups is 1. The van der Waals surface area contributed by atoms with E-state index in [9.17, 15) is 30.8 Å². The maximum atomic E-state index is 14.3. The third-order valence-corrected chi connectivity index (χ3v) is 7.09. The molecule has 0 unspecified atom stereocenters. The van der Waals surface area contributed by atoms with Crippen molar-refractivity contribution < 1.29 is 40.3 Å². The molecule has 4 aromatic rings. The summed E-state index contributed by atoms with van der Waals surface area (Å²) >= 11 is 0. The van der Waals surface area contributed by atoms with Gasteiger partial charge in [-0.3, -0.25) is 0 Å². The molecule has 0 fully saturated rings. The lowest BCUT2D eigenvalue weighted by Crippen LogP contribution is -2.25. The number of aromatic nitrogens is 1. The van der Waals surface area contributed by atoms with Crippen LogP contribution in [0.4, 0.5) is 17.6 Å². The lowest BCUT2D eigenvalue weighted by Gasteiger charge is -2.14. The number of carbonyl (C=O) groups is 1. The molecule has 0 amide bonds. The van der Waals surface area contributed by atoms with E-state index in [4.69, 9.17) is 9.57 Å². The van der Waals surface area contributed by atoms with E-state index in [0.29, 0.717) is 17.0 Å². The van der Waals surface area contributed by atoms with Gasteiger partial charge in [0.15, 0.2) is 15.5 Å². The van der Waals surface area contributed by atoms with Gasteiger partial charge in [-0.05, 0) is 73.2 Å². The van der Waals surface area contributed by atoms with Crippen LogP contribution in [0.5, 0.6) is 5.75 Å². The molecule has 7 nitrogen and oxygen atoms in total. The summed E-state index contributed by atoms with van der Waals surface area (Å²) < 4.78 is 86.7. The molecule has 0 aliphatic heterocycles. The van der Waals surface area contributed by atoms with E-state index in [2.05, 4.69) is 5.16 Å². The highest BCUT2D eigenvalue weighted by molar-refractivity contribution is 7.90. The van der Waals surface area contributed by atoms with Gasteiger partial charge in [0.25, 0.3) is 0 Å². The minimum atomic E-state index is -5.04. The van der Waals surface area contributed by atoms with Crippen LogP contribution in [0.3, 0.4) is 0 Å². The van der Waals surface area contributed by atoms with Crippen molar-refractivity contribution in [3.8, 4) is 22.7 Å². The lowest BCUT2D eigenvalue weighted by atomic mass is 10.1. The molecule has 0 radical (unpaired) electrons. The van der Waals surface area contributed by atoms with Gasteiger partial charge in [0, 0.05) is 23.2 Å². The molecule has 4 rings (SSSR count). The van der Waals surface area contributed by atoms with E-state index in [1.54, 1.807) is 6.07 Å². The van der Waals surface area contributed by atoms with E-state index in [1.807, 2.05) is 0 Å². The number of benzene rings is 3. The number of hydrogen-bond acceptors (Lipinski definition) is 6. The largest absolute Gasteiger partial charge is 0.497 e. The summed E-state index contributed by atoms with van der Waals surface area (Å²) in [7, 11) is -2.15. The van der Waals surface area contributed by atoms with Crippen LogP contribution in [-0.4, -0.2) is 44.2 Å². The Morgan fingerprint density at radius 1 is 0.950 bits per heavy atom. The van der Waals surface area contributed by atoms with E-state index in [0.717, 1.165) is 18.4 Å². The normalized spacial score (nSPS) is 12.3. The number of sulfone groups is 1. The Balaban J connectivity index is 1.86. The molecule has 0 bridgehead atoms. The van der Waals surface area contributed by atoms with Crippen LogP contribution in [0.15, 0.2) is 88.9 Å². The number of nitrogens with zero attached hydrogens (tertiary/aromatic N) is 2. The number of ether oxygens (including phenoxy) is 1. The van der Waals surface area contributed by atoms with Crippen LogP contribution >= 0.6 is 0 Å². The van der Waals surface area contributed by atoms with Crippen LogP contribution < -0.4 is 4.74 Å². The van der Waals surface area contributed by atoms with Gasteiger partial charge >= 0.3 is 12.1 Å². The summed E-state index contributed by atoms with van der Waals surface area (Å²) in [5.41, 5.74) is -0.953. The van der Waals surface area contributed by atoms with Gasteiger partial charge in [-0.25, -0.2) is 17.6 Å². The first-order valence-electron chi connectivity index (χ1n) is 11.6. The molecule has 1 heterocycles. The van der Waals surface area contributed by atoms with Crippen LogP contribution in [-0.2, 0) is 14.7 Å². The third kappa shape index (κ3) is 6.07. The van der Waals surface area contributed by atoms with Crippen LogP contribution in [0.2, 0.25) is 0 Å². The third-order valence-electron chi connectivity index (χ3n) is 5.96. The zero-order chi connectivity index (χ0) is 29.2. The molecular formula is C28H22F4N2O5S. The van der Waals surface area contributed by atoms with Crippen molar-refractivity contribution in [2.75, 3.05) is 13.4 Å². The van der Waals surface area contributed by atoms with Gasteiger partial charge in [-0.1, -0.05) is 23.4 Å². The van der Waals surface area contributed by atoms with Crippen molar-refractivity contribution in [2.45, 2.75) is 18.0 Å². The van der Waals surface area contributed by atoms with Gasteiger partial charge in [-0.15, -0.1) is 0 Å². The van der Waals surface area contributed by atoms with Crippen LogP contribution in [0, 0.1) is 12.7 Å². The molecule has 0 saturated carbocycles. The zero-order valence-electron chi connectivity index (χ0n) is 21.4. The summed E-state index contributed by atoms with van der Waals surface area (Å²) in [6.45, 7) is 1.40. The highest BCUT2D eigenvalue weighted by atomic mass is 32.2. The molecule has 1 aromatic heterocycles. The molecule has 0 aliphatic carbocycles. The summed E-state index contributed by atoms with van der Waals surface area (Å²) in [5, 5.41) is 3.21. The average molecular weight is 575 g/mol. The number of methoxy groups -OCH3 is 1. The minimum absolute atomic E-state index is 0.0232. The van der Waals surface area contributed by atoms with Gasteiger partial charge < -0.3 is 14.1 Å². The van der Waals surface area contributed by atoms with E-state index >= 15 is 0 Å². The second-order valence-corrected chi connectivity index (χ2v) is 10.7. The Morgan fingerprint density at radius 2 is 1.60 bits per heavy atom. The zero-order valence-corrected chi connectivity index (χ0v) is 22.2. The maximum absolute atomic E-state index is 14.3. The van der Waals surface area contributed by atoms with Crippen molar-refractivity contribution in [1.82, 2.24) is 4.57 Å². The molecule has 0 saturated heterocycles. The maximum Gasteiger partial charge on any atom is 0.437 e. The standard InChI is InChI=1S/C28H22F4N2O5S/c1-17-24(26(28(30,31)32)33-39-27(35)19-5-4-6-22(15-19)38-2)16-25(34(17)21-11-9-20(29)10-12-21)18-7-13-23(14-8-18)40(3,36)37/h4-16H,1-3H3. The molecule has 0 spiro atoms. The molecule has 40 heavy (non-hydrogen) atoms. The average Bonchev–Trinajstić information content (AvgIpc) is 3.24. The second kappa shape index (κ2) is 11.0. The fourth-order valence-corrected chi connectivity index (χ4v) is 4.63. The number of halogens is 4. The Hall–Kier alpha value is -4.45. The molecule has 3 aromatic carbocycles. The predicted octanol–water partition coefficient (Wildman–Crippen LogP) is 6.13. The summed E-state index contributed by atoms with van der Waals surface area (Å²) in [6.07, 6.45) is -4.00. The SMILES string of the molecule is COc1cccc(C(=O)ON=C(c2cc(-c3ccc(S(C)(=O)=O)cc3)n(-c3ccc(F)cc3)c2C)C(F)(F)F)c1. The Morgan fingerprint density at radius 3 is 2.17 bits per heavy atom. The van der Waals surface area contributed by atoms with Crippen molar-refractivity contribution >= 4 is 21.5 Å². The highest BCUT2D eigenvalue weighted by Crippen LogP contribution is 2.34. The summed E-state index contributed by atoms with van der Waals surface area (Å²) in [6, 6.07) is 17.5. The van der Waals surface area contributed by atoms with E-state index in [-0.39, 0.29) is 21.8 Å². The van der Waals surface area contributed by atoms with Crippen molar-refractivity contribution in [3.05, 3.63) is 102 Å². The fraction of sp³-hybridized carbons (Fsp3) is 0.143. The Bertz CT molecular complexity index is 1690. The number of alkyl halides is 3. The van der Waals surface area contributed by atoms with Crippen molar-refractivity contribution in [1.29, 1.82) is 0 Å². The first kappa shape index (κ1) is 28.6. The molecule has 208 valence electrons. The molecule has 0 aliphatic rings. The van der Waals surface area contributed by atoms with E-state index < -0.39 is 39.1 Å². The summed E-state index contributed by atoms with van der Waals surface area (Å²) in [4.78, 5) is 17.2. The van der Waals surface area contributed by atoms with Crippen LogP contribution in [0.25, 0.3) is 16.9 Å². The number of rotatable bonds is 7. The highest BCUT2D eigenvalue weighted by Gasteiger charge is 2.40. The van der Waals surface area contributed by atoms with E-state index in [1.165, 1.54) is 79.3 Å². The van der Waals surface area contributed by atoms with Crippen molar-refractivity contribution in [3.63, 3.8) is 0 Å². The van der Waals surface area contributed by atoms with Gasteiger partial charge in [0.2, 0.25) is 0 Å². The predicted molar refractivity (Wildman–Crippen MR) is 140 cm³/mol. The number of carbonyl (C=O) groups excluding carboxylic acids is 1. The first-order chi connectivity index (χ1) is 18.8. The summed E-state index contributed by atoms with van der Waals surface area (Å²) in [5.74, 6) is -1.38. The topological polar surface area (TPSA) is 87.0 Å². The monoisotopic (exact) mass is 574 g/mol. The number of hydrogen-bond donors (Lipinski definition) is 0. The fourth-order valence-electron chi connectivity index (χ4n) is 4.00. The van der Waals surface area contributed by atoms with Crippen LogP contribution in [0.1, 0.15) is 21.6 Å². The molecule has 0 N–H and O–H groups in total.